The average Bonchev–Trinajstić information content (AvgIpc) is 2.90. The Hall–Kier alpha value is -1.81. The van der Waals surface area contributed by atoms with Crippen molar-refractivity contribution in [1.82, 2.24) is 0 Å². The van der Waals surface area contributed by atoms with E-state index >= 15 is 0 Å². The van der Waals surface area contributed by atoms with Gasteiger partial charge in [0, 0.05) is 12.0 Å². The molecule has 0 spiro atoms. The molecular weight excluding hydrogens is 292 g/mol. The SMILES string of the molecule is C=C(C)[C@]1(O)CCC(=O)[C@@H]2Oc3c(O)ccc(CC)c3[C@@]21CC. The minimum atomic E-state index is -1.22. The maximum absolute atomic E-state index is 12.6. The van der Waals surface area contributed by atoms with Gasteiger partial charge in [-0.3, -0.25) is 4.79 Å². The van der Waals surface area contributed by atoms with Gasteiger partial charge >= 0.3 is 0 Å². The molecule has 0 bridgehead atoms. The summed E-state index contributed by atoms with van der Waals surface area (Å²) in [5.41, 5.74) is 0.318. The number of Topliss-reactive ketones (excluding diaryl/α,β-unsaturated/α-hetero) is 1. The molecule has 1 fully saturated rings. The lowest BCUT2D eigenvalue weighted by Gasteiger charge is -2.50. The number of fused-ring (bicyclic) bond motifs is 3. The van der Waals surface area contributed by atoms with Gasteiger partial charge in [0.1, 0.15) is 0 Å². The second-order valence-corrected chi connectivity index (χ2v) is 6.73. The highest BCUT2D eigenvalue weighted by Gasteiger charge is 2.66. The Bertz CT molecular complexity index is 693. The number of ketones is 1. The Morgan fingerprint density at radius 1 is 1.43 bits per heavy atom. The summed E-state index contributed by atoms with van der Waals surface area (Å²) >= 11 is 0. The summed E-state index contributed by atoms with van der Waals surface area (Å²) in [6.07, 6.45) is 1.10. The van der Waals surface area contributed by atoms with Gasteiger partial charge in [-0.1, -0.05) is 26.5 Å². The lowest BCUT2D eigenvalue weighted by molar-refractivity contribution is -0.144. The standard InChI is InChI=1S/C19H24O4/c1-5-12-7-8-13(20)16-15(12)18(6-2)17(23-16)14(21)9-10-19(18,22)11(3)4/h7-8,17,20,22H,3,5-6,9-10H2,1-2,4H3/t17-,18-,19+/m0/s1. The highest BCUT2D eigenvalue weighted by Crippen LogP contribution is 2.60. The molecular formula is C19H24O4. The van der Waals surface area contributed by atoms with Crippen LogP contribution in [0, 0.1) is 0 Å². The van der Waals surface area contributed by atoms with Gasteiger partial charge in [0.25, 0.3) is 0 Å². The zero-order valence-electron chi connectivity index (χ0n) is 14.0. The first kappa shape index (κ1) is 16.1. The number of carbonyl (C=O) groups excluding carboxylic acids is 1. The molecule has 1 aliphatic carbocycles. The number of aryl methyl sites for hydroxylation is 1. The van der Waals surface area contributed by atoms with Crippen LogP contribution in [0.25, 0.3) is 0 Å². The van der Waals surface area contributed by atoms with Crippen LogP contribution in [0.2, 0.25) is 0 Å². The predicted octanol–water partition coefficient (Wildman–Crippen LogP) is 3.03. The molecule has 1 aromatic rings. The second-order valence-electron chi connectivity index (χ2n) is 6.73. The quantitative estimate of drug-likeness (QED) is 0.841. The summed E-state index contributed by atoms with van der Waals surface area (Å²) in [5, 5.41) is 21.8. The van der Waals surface area contributed by atoms with E-state index in [4.69, 9.17) is 4.74 Å². The topological polar surface area (TPSA) is 66.8 Å². The van der Waals surface area contributed by atoms with Crippen molar-refractivity contribution in [2.75, 3.05) is 0 Å². The van der Waals surface area contributed by atoms with Crippen LogP contribution in [-0.2, 0) is 16.6 Å². The summed E-state index contributed by atoms with van der Waals surface area (Å²) in [6.45, 7) is 9.78. The molecule has 124 valence electrons. The van der Waals surface area contributed by atoms with Gasteiger partial charge in [-0.25, -0.2) is 0 Å². The van der Waals surface area contributed by atoms with Gasteiger partial charge in [0.15, 0.2) is 23.4 Å². The van der Waals surface area contributed by atoms with E-state index in [2.05, 4.69) is 6.58 Å². The van der Waals surface area contributed by atoms with Crippen LogP contribution in [0.5, 0.6) is 11.5 Å². The fourth-order valence-corrected chi connectivity index (χ4v) is 4.54. The van der Waals surface area contributed by atoms with E-state index in [9.17, 15) is 15.0 Å². The molecule has 1 aromatic carbocycles. The van der Waals surface area contributed by atoms with E-state index in [1.807, 2.05) is 19.9 Å². The largest absolute Gasteiger partial charge is 0.504 e. The molecule has 0 amide bonds. The Morgan fingerprint density at radius 3 is 2.70 bits per heavy atom. The average molecular weight is 316 g/mol. The summed E-state index contributed by atoms with van der Waals surface area (Å²) in [5.74, 6) is 0.359. The van der Waals surface area contributed by atoms with E-state index in [0.29, 0.717) is 24.2 Å². The zero-order chi connectivity index (χ0) is 17.0. The number of ether oxygens (including phenoxy) is 1. The smallest absolute Gasteiger partial charge is 0.174 e. The van der Waals surface area contributed by atoms with Gasteiger partial charge in [0.2, 0.25) is 0 Å². The van der Waals surface area contributed by atoms with Gasteiger partial charge in [-0.05, 0) is 43.4 Å². The molecule has 2 N–H and O–H groups in total. The molecule has 1 saturated carbocycles. The lowest BCUT2D eigenvalue weighted by Crippen LogP contribution is -2.63. The molecule has 4 heteroatoms. The van der Waals surface area contributed by atoms with Gasteiger partial charge < -0.3 is 14.9 Å². The highest BCUT2D eigenvalue weighted by molar-refractivity contribution is 5.89. The summed E-state index contributed by atoms with van der Waals surface area (Å²) in [6, 6.07) is 3.46. The van der Waals surface area contributed by atoms with Gasteiger partial charge in [-0.2, -0.15) is 0 Å². The normalized spacial score (nSPS) is 32.2. The van der Waals surface area contributed by atoms with Crippen LogP contribution in [0.3, 0.4) is 0 Å². The fraction of sp³-hybridized carbons (Fsp3) is 0.526. The number of phenols is 1. The molecule has 0 radical (unpaired) electrons. The lowest BCUT2D eigenvalue weighted by atomic mass is 9.54. The number of aliphatic hydroxyl groups is 1. The molecule has 0 saturated heterocycles. The van der Waals surface area contributed by atoms with Crippen molar-refractivity contribution < 1.29 is 19.7 Å². The van der Waals surface area contributed by atoms with E-state index in [-0.39, 0.29) is 18.0 Å². The third-order valence-corrected chi connectivity index (χ3v) is 5.76. The van der Waals surface area contributed by atoms with Crippen LogP contribution < -0.4 is 4.74 Å². The third kappa shape index (κ3) is 1.78. The molecule has 1 heterocycles. The van der Waals surface area contributed by atoms with Crippen LogP contribution in [0.1, 0.15) is 51.2 Å². The number of aromatic hydroxyl groups is 1. The van der Waals surface area contributed by atoms with Crippen molar-refractivity contribution in [3.8, 4) is 11.5 Å². The van der Waals surface area contributed by atoms with Crippen molar-refractivity contribution in [3.05, 3.63) is 35.4 Å². The van der Waals surface area contributed by atoms with E-state index in [1.165, 1.54) is 0 Å². The number of phenolic OH excluding ortho intramolecular Hbond substituents is 1. The summed E-state index contributed by atoms with van der Waals surface area (Å²) < 4.78 is 5.94. The number of benzene rings is 1. The first-order valence-corrected chi connectivity index (χ1v) is 8.26. The summed E-state index contributed by atoms with van der Waals surface area (Å²) in [4.78, 5) is 12.6. The van der Waals surface area contributed by atoms with Crippen LogP contribution in [0.15, 0.2) is 24.3 Å². The Kier molecular flexibility index (Phi) is 3.56. The molecule has 3 atom stereocenters. The van der Waals surface area contributed by atoms with Gasteiger partial charge in [-0.15, -0.1) is 0 Å². The van der Waals surface area contributed by atoms with Crippen molar-refractivity contribution in [2.45, 2.75) is 63.6 Å². The van der Waals surface area contributed by atoms with Crippen LogP contribution in [0.4, 0.5) is 0 Å². The summed E-state index contributed by atoms with van der Waals surface area (Å²) in [7, 11) is 0. The number of hydrogen-bond acceptors (Lipinski definition) is 4. The predicted molar refractivity (Wildman–Crippen MR) is 87.9 cm³/mol. The van der Waals surface area contributed by atoms with Crippen LogP contribution >= 0.6 is 0 Å². The Labute approximate surface area is 136 Å². The number of carbonyl (C=O) groups is 1. The molecule has 2 aliphatic rings. The second kappa shape index (κ2) is 5.10. The van der Waals surface area contributed by atoms with E-state index in [1.54, 1.807) is 13.0 Å². The first-order valence-electron chi connectivity index (χ1n) is 8.26. The molecule has 4 nitrogen and oxygen atoms in total. The van der Waals surface area contributed by atoms with Crippen molar-refractivity contribution >= 4 is 5.78 Å². The van der Waals surface area contributed by atoms with Crippen molar-refractivity contribution in [3.63, 3.8) is 0 Å². The minimum Gasteiger partial charge on any atom is -0.504 e. The van der Waals surface area contributed by atoms with E-state index < -0.39 is 17.1 Å². The van der Waals surface area contributed by atoms with E-state index in [0.717, 1.165) is 17.5 Å². The van der Waals surface area contributed by atoms with Crippen molar-refractivity contribution in [2.24, 2.45) is 0 Å². The highest BCUT2D eigenvalue weighted by atomic mass is 16.5. The Balaban J connectivity index is 2.39. The van der Waals surface area contributed by atoms with Crippen molar-refractivity contribution in [1.29, 1.82) is 0 Å². The number of hydrogen-bond donors (Lipinski definition) is 2. The fourth-order valence-electron chi connectivity index (χ4n) is 4.54. The molecule has 0 unspecified atom stereocenters. The third-order valence-electron chi connectivity index (χ3n) is 5.76. The molecule has 3 rings (SSSR count). The zero-order valence-corrected chi connectivity index (χ0v) is 14.0. The molecule has 23 heavy (non-hydrogen) atoms. The monoisotopic (exact) mass is 316 g/mol. The van der Waals surface area contributed by atoms with Gasteiger partial charge in [0.05, 0.1) is 11.0 Å². The first-order chi connectivity index (χ1) is 10.8. The van der Waals surface area contributed by atoms with Crippen LogP contribution in [-0.4, -0.2) is 27.7 Å². The minimum absolute atomic E-state index is 0.0181. The number of rotatable bonds is 3. The maximum Gasteiger partial charge on any atom is 0.174 e. The maximum atomic E-state index is 12.6. The Morgan fingerprint density at radius 2 is 2.13 bits per heavy atom. The molecule has 0 aromatic heterocycles. The molecule has 1 aliphatic heterocycles.